The number of aryl methyl sites for hydroxylation is 2. The maximum Gasteiger partial charge on any atom is 0.257 e. The number of anilines is 2. The quantitative estimate of drug-likeness (QED) is 0.795. The minimum Gasteiger partial charge on any atom is -0.380 e. The van der Waals surface area contributed by atoms with Crippen molar-refractivity contribution >= 4 is 27.1 Å². The van der Waals surface area contributed by atoms with Crippen molar-refractivity contribution in [2.75, 3.05) is 22.1 Å². The van der Waals surface area contributed by atoms with Crippen molar-refractivity contribution in [3.63, 3.8) is 0 Å². The van der Waals surface area contributed by atoms with Crippen LogP contribution in [0.25, 0.3) is 0 Å². The molecule has 2 aromatic rings. The minimum absolute atomic E-state index is 0.118. The van der Waals surface area contributed by atoms with Crippen LogP contribution in [0.1, 0.15) is 41.8 Å². The molecule has 27 heavy (non-hydrogen) atoms. The molecule has 0 bridgehead atoms. The number of rotatable bonds is 6. The van der Waals surface area contributed by atoms with Crippen molar-refractivity contribution in [2.45, 2.75) is 39.2 Å². The molecule has 144 valence electrons. The monoisotopic (exact) mass is 387 g/mol. The van der Waals surface area contributed by atoms with E-state index in [2.05, 4.69) is 29.5 Å². The summed E-state index contributed by atoms with van der Waals surface area (Å²) in [4.78, 5) is 16.9. The normalized spacial score (nSPS) is 18.2. The topological polar surface area (TPSA) is 88.2 Å². The second-order valence-electron chi connectivity index (χ2n) is 6.82. The molecule has 3 rings (SSSR count). The average Bonchev–Trinajstić information content (AvgIpc) is 3.00. The van der Waals surface area contributed by atoms with Gasteiger partial charge >= 0.3 is 0 Å². The summed E-state index contributed by atoms with van der Waals surface area (Å²) in [6.45, 7) is 4.12. The largest absolute Gasteiger partial charge is 0.380 e. The molecule has 0 saturated carbocycles. The number of hydrogen-bond donors (Lipinski definition) is 2. The van der Waals surface area contributed by atoms with Crippen LogP contribution in [0.15, 0.2) is 36.7 Å². The van der Waals surface area contributed by atoms with E-state index in [1.807, 2.05) is 18.2 Å². The first-order valence-corrected chi connectivity index (χ1v) is 11.1. The molecule has 1 amide bonds. The van der Waals surface area contributed by atoms with Gasteiger partial charge in [-0.3, -0.25) is 9.78 Å². The van der Waals surface area contributed by atoms with Gasteiger partial charge in [0.2, 0.25) is 0 Å². The van der Waals surface area contributed by atoms with E-state index in [4.69, 9.17) is 0 Å². The Morgan fingerprint density at radius 2 is 1.89 bits per heavy atom. The molecule has 1 fully saturated rings. The first-order valence-electron chi connectivity index (χ1n) is 9.26. The van der Waals surface area contributed by atoms with E-state index in [0.717, 1.165) is 29.7 Å². The molecule has 1 aliphatic heterocycles. The van der Waals surface area contributed by atoms with Gasteiger partial charge in [0.25, 0.3) is 5.91 Å². The highest BCUT2D eigenvalue weighted by molar-refractivity contribution is 7.91. The van der Waals surface area contributed by atoms with Crippen LogP contribution in [0.4, 0.5) is 11.4 Å². The molecular formula is C20H25N3O3S. The van der Waals surface area contributed by atoms with Crippen LogP contribution < -0.4 is 10.6 Å². The summed E-state index contributed by atoms with van der Waals surface area (Å²) < 4.78 is 23.2. The summed E-state index contributed by atoms with van der Waals surface area (Å²) >= 11 is 0. The molecule has 2 heterocycles. The summed E-state index contributed by atoms with van der Waals surface area (Å²) in [7, 11) is -2.96. The maximum atomic E-state index is 12.8. The van der Waals surface area contributed by atoms with E-state index in [-0.39, 0.29) is 23.5 Å². The van der Waals surface area contributed by atoms with Gasteiger partial charge in [-0.05, 0) is 36.5 Å². The summed E-state index contributed by atoms with van der Waals surface area (Å²) in [5.41, 5.74) is 4.16. The molecule has 6 nitrogen and oxygen atoms in total. The van der Waals surface area contributed by atoms with Gasteiger partial charge in [-0.2, -0.15) is 0 Å². The maximum absolute atomic E-state index is 12.8. The summed E-state index contributed by atoms with van der Waals surface area (Å²) in [6, 6.07) is 7.63. The van der Waals surface area contributed by atoms with E-state index < -0.39 is 9.84 Å². The highest BCUT2D eigenvalue weighted by atomic mass is 32.2. The number of sulfone groups is 1. The van der Waals surface area contributed by atoms with Crippen LogP contribution in [0.3, 0.4) is 0 Å². The highest BCUT2D eigenvalue weighted by Gasteiger charge is 2.27. The molecule has 1 saturated heterocycles. The van der Waals surface area contributed by atoms with Crippen LogP contribution >= 0.6 is 0 Å². The molecular weight excluding hydrogens is 362 g/mol. The Kier molecular flexibility index (Phi) is 5.79. The van der Waals surface area contributed by atoms with Gasteiger partial charge in [0.15, 0.2) is 9.84 Å². The molecule has 0 spiro atoms. The lowest BCUT2D eigenvalue weighted by atomic mass is 10.0. The Labute approximate surface area is 160 Å². The number of para-hydroxylation sites is 1. The molecule has 1 atom stereocenters. The van der Waals surface area contributed by atoms with Crippen molar-refractivity contribution < 1.29 is 13.2 Å². The minimum atomic E-state index is -2.96. The predicted octanol–water partition coefficient (Wildman–Crippen LogP) is 3.06. The molecule has 1 aromatic carbocycles. The lowest BCUT2D eigenvalue weighted by molar-refractivity contribution is 0.102. The van der Waals surface area contributed by atoms with Crippen LogP contribution in [-0.4, -0.2) is 36.9 Å². The zero-order valence-electron chi connectivity index (χ0n) is 15.7. The Hall–Kier alpha value is -2.41. The van der Waals surface area contributed by atoms with Gasteiger partial charge in [-0.1, -0.05) is 32.0 Å². The summed E-state index contributed by atoms with van der Waals surface area (Å²) in [5.74, 6) is 0.0970. The van der Waals surface area contributed by atoms with Crippen molar-refractivity contribution in [3.05, 3.63) is 53.3 Å². The van der Waals surface area contributed by atoms with E-state index in [9.17, 15) is 13.2 Å². The van der Waals surface area contributed by atoms with Gasteiger partial charge < -0.3 is 10.6 Å². The molecule has 1 unspecified atom stereocenters. The number of carbonyl (C=O) groups excluding carboxylic acids is 1. The fourth-order valence-electron chi connectivity index (χ4n) is 3.38. The number of nitrogens with zero attached hydrogens (tertiary/aromatic N) is 1. The average molecular weight is 388 g/mol. The number of benzene rings is 1. The van der Waals surface area contributed by atoms with Crippen molar-refractivity contribution in [1.82, 2.24) is 4.98 Å². The molecule has 0 radical (unpaired) electrons. The molecule has 1 aliphatic rings. The van der Waals surface area contributed by atoms with Crippen LogP contribution in [0, 0.1) is 0 Å². The standard InChI is InChI=1S/C20H25N3O3S/c1-3-14-6-5-7-15(4-2)19(14)23-20(24)16-10-18(12-21-11-16)22-17-8-9-27(25,26)13-17/h5-7,10-12,17,22H,3-4,8-9,13H2,1-2H3,(H,23,24). The summed E-state index contributed by atoms with van der Waals surface area (Å²) in [5, 5.41) is 6.21. The first-order chi connectivity index (χ1) is 12.9. The molecule has 7 heteroatoms. The van der Waals surface area contributed by atoms with E-state index in [0.29, 0.717) is 17.7 Å². The number of amides is 1. The fraction of sp³-hybridized carbons (Fsp3) is 0.400. The number of nitrogens with one attached hydrogen (secondary N) is 2. The van der Waals surface area contributed by atoms with Gasteiger partial charge in [0.05, 0.1) is 22.8 Å². The number of pyridine rings is 1. The third-order valence-corrected chi connectivity index (χ3v) is 6.61. The van der Waals surface area contributed by atoms with Gasteiger partial charge in [-0.25, -0.2) is 8.42 Å². The number of carbonyl (C=O) groups is 1. The Bertz CT molecular complexity index is 919. The zero-order chi connectivity index (χ0) is 19.4. The molecule has 1 aromatic heterocycles. The van der Waals surface area contributed by atoms with Crippen molar-refractivity contribution in [3.8, 4) is 0 Å². The SMILES string of the molecule is CCc1cccc(CC)c1NC(=O)c1cncc(NC2CCS(=O)(=O)C2)c1. The van der Waals surface area contributed by atoms with Crippen LogP contribution in [0.5, 0.6) is 0 Å². The lowest BCUT2D eigenvalue weighted by Gasteiger charge is -2.15. The second-order valence-corrected chi connectivity index (χ2v) is 9.05. The Morgan fingerprint density at radius 3 is 2.48 bits per heavy atom. The molecule has 0 aliphatic carbocycles. The smallest absolute Gasteiger partial charge is 0.257 e. The predicted molar refractivity (Wildman–Crippen MR) is 108 cm³/mol. The van der Waals surface area contributed by atoms with Crippen LogP contribution in [0.2, 0.25) is 0 Å². The fourth-order valence-corrected chi connectivity index (χ4v) is 5.05. The van der Waals surface area contributed by atoms with Crippen LogP contribution in [-0.2, 0) is 22.7 Å². The summed E-state index contributed by atoms with van der Waals surface area (Å²) in [6.07, 6.45) is 5.37. The number of aromatic nitrogens is 1. The van der Waals surface area contributed by atoms with E-state index in [1.54, 1.807) is 12.3 Å². The van der Waals surface area contributed by atoms with Crippen molar-refractivity contribution in [2.24, 2.45) is 0 Å². The van der Waals surface area contributed by atoms with E-state index in [1.165, 1.54) is 6.20 Å². The second kappa shape index (κ2) is 8.08. The van der Waals surface area contributed by atoms with Gasteiger partial charge in [0.1, 0.15) is 0 Å². The van der Waals surface area contributed by atoms with Gasteiger partial charge in [-0.15, -0.1) is 0 Å². The third kappa shape index (κ3) is 4.66. The Balaban J connectivity index is 1.77. The van der Waals surface area contributed by atoms with Gasteiger partial charge in [0, 0.05) is 24.1 Å². The first kappa shape index (κ1) is 19.4. The number of hydrogen-bond acceptors (Lipinski definition) is 5. The van der Waals surface area contributed by atoms with E-state index >= 15 is 0 Å². The van der Waals surface area contributed by atoms with Crippen molar-refractivity contribution in [1.29, 1.82) is 0 Å². The molecule has 2 N–H and O–H groups in total. The zero-order valence-corrected chi connectivity index (χ0v) is 16.5. The lowest BCUT2D eigenvalue weighted by Crippen LogP contribution is -2.21. The third-order valence-electron chi connectivity index (χ3n) is 4.84. The Morgan fingerprint density at radius 1 is 1.19 bits per heavy atom. The highest BCUT2D eigenvalue weighted by Crippen LogP contribution is 2.24.